The van der Waals surface area contributed by atoms with Crippen LogP contribution in [0, 0.1) is 5.92 Å². The fourth-order valence-electron chi connectivity index (χ4n) is 7.30. The molecule has 0 saturated heterocycles. The third-order valence-corrected chi connectivity index (χ3v) is 9.10. The van der Waals surface area contributed by atoms with E-state index in [2.05, 4.69) is 119 Å². The van der Waals surface area contributed by atoms with Crippen LogP contribution in [0.3, 0.4) is 0 Å². The van der Waals surface area contributed by atoms with Crippen molar-refractivity contribution in [2.75, 3.05) is 0 Å². The predicted molar refractivity (Wildman–Crippen MR) is 165 cm³/mol. The van der Waals surface area contributed by atoms with Gasteiger partial charge in [0.2, 0.25) is 0 Å². The molecule has 0 spiro atoms. The van der Waals surface area contributed by atoms with E-state index in [-0.39, 0.29) is 0 Å². The first kappa shape index (κ1) is 22.9. The highest BCUT2D eigenvalue weighted by Crippen LogP contribution is 2.41. The van der Waals surface area contributed by atoms with Crippen molar-refractivity contribution in [1.29, 1.82) is 0 Å². The van der Waals surface area contributed by atoms with E-state index in [1.54, 1.807) is 0 Å². The third-order valence-electron chi connectivity index (χ3n) is 9.10. The SMILES string of the molecule is CC1C=Cc2c(n(C3C=CC=C(C4=CCCC=C4)C3)c3ccc(-n4c5c(c6ccccc64)C=CCC5)cc23)C1. The van der Waals surface area contributed by atoms with Crippen molar-refractivity contribution < 1.29 is 0 Å². The lowest BCUT2D eigenvalue weighted by molar-refractivity contribution is 0.565. The molecular formula is C37H34N2. The molecule has 0 fully saturated rings. The Bertz CT molecular complexity index is 1820. The number of para-hydroxylation sites is 1. The number of allylic oxidation sites excluding steroid dienone is 10. The molecule has 2 nitrogen and oxygen atoms in total. The normalized spacial score (nSPS) is 21.8. The first-order chi connectivity index (χ1) is 19.3. The molecule has 8 rings (SSSR count). The standard InChI is InChI=1S/C37H34N2/c1-25-18-20-32-33-24-29(38-34-16-7-5-14-30(34)31-15-6-8-17-35(31)38)19-21-36(33)39(37(32)22-25)28-13-9-12-27(23-28)26-10-3-2-4-11-26/h3,5-7,9-16,18-21,24-25,28H,2,4,8,17,22-23H2,1H3. The largest absolute Gasteiger partial charge is 0.337 e. The minimum atomic E-state index is 0.335. The van der Waals surface area contributed by atoms with Gasteiger partial charge in [-0.2, -0.15) is 0 Å². The Morgan fingerprint density at radius 3 is 2.59 bits per heavy atom. The lowest BCUT2D eigenvalue weighted by atomic mass is 9.90. The molecule has 2 aromatic heterocycles. The van der Waals surface area contributed by atoms with E-state index in [1.807, 2.05) is 0 Å². The monoisotopic (exact) mass is 506 g/mol. The molecule has 2 atom stereocenters. The lowest BCUT2D eigenvalue weighted by Gasteiger charge is -2.26. The van der Waals surface area contributed by atoms with Crippen LogP contribution in [0.4, 0.5) is 0 Å². The summed E-state index contributed by atoms with van der Waals surface area (Å²) in [4.78, 5) is 0. The average Bonchev–Trinajstić information content (AvgIpc) is 3.49. The van der Waals surface area contributed by atoms with Crippen LogP contribution in [-0.2, 0) is 12.8 Å². The molecule has 192 valence electrons. The van der Waals surface area contributed by atoms with Gasteiger partial charge in [0.25, 0.3) is 0 Å². The lowest BCUT2D eigenvalue weighted by Crippen LogP contribution is -2.16. The van der Waals surface area contributed by atoms with Gasteiger partial charge in [-0.15, -0.1) is 0 Å². The average molecular weight is 507 g/mol. The summed E-state index contributed by atoms with van der Waals surface area (Å²) < 4.78 is 5.19. The molecule has 0 bridgehead atoms. The fraction of sp³-hybridized carbons (Fsp3) is 0.243. The highest BCUT2D eigenvalue weighted by molar-refractivity contribution is 5.96. The Morgan fingerprint density at radius 1 is 0.769 bits per heavy atom. The van der Waals surface area contributed by atoms with E-state index in [1.165, 1.54) is 61.2 Å². The summed E-state index contributed by atoms with van der Waals surface area (Å²) >= 11 is 0. The maximum absolute atomic E-state index is 2.66. The van der Waals surface area contributed by atoms with E-state index in [0.717, 1.165) is 38.5 Å². The van der Waals surface area contributed by atoms with Crippen LogP contribution in [-0.4, -0.2) is 9.13 Å². The second-order valence-electron chi connectivity index (χ2n) is 11.6. The molecular weight excluding hydrogens is 472 g/mol. The Hall–Kier alpha value is -4.04. The van der Waals surface area contributed by atoms with Crippen molar-refractivity contribution in [2.24, 2.45) is 5.92 Å². The number of aromatic nitrogens is 2. The van der Waals surface area contributed by atoms with Gasteiger partial charge in [0.15, 0.2) is 0 Å². The van der Waals surface area contributed by atoms with Crippen LogP contribution < -0.4 is 0 Å². The van der Waals surface area contributed by atoms with Gasteiger partial charge in [0, 0.05) is 44.5 Å². The first-order valence-electron chi connectivity index (χ1n) is 14.6. The summed E-state index contributed by atoms with van der Waals surface area (Å²) in [7, 11) is 0. The van der Waals surface area contributed by atoms with Crippen molar-refractivity contribution in [1.82, 2.24) is 9.13 Å². The summed E-state index contributed by atoms with van der Waals surface area (Å²) in [6.45, 7) is 2.35. The zero-order chi connectivity index (χ0) is 25.9. The molecule has 2 heteroatoms. The predicted octanol–water partition coefficient (Wildman–Crippen LogP) is 9.45. The van der Waals surface area contributed by atoms with Crippen LogP contribution in [0.25, 0.3) is 39.6 Å². The molecule has 0 amide bonds. The van der Waals surface area contributed by atoms with Gasteiger partial charge in [0.1, 0.15) is 0 Å². The van der Waals surface area contributed by atoms with Gasteiger partial charge >= 0.3 is 0 Å². The number of hydrogen-bond acceptors (Lipinski definition) is 0. The molecule has 0 N–H and O–H groups in total. The van der Waals surface area contributed by atoms with Crippen LogP contribution in [0.15, 0.2) is 102 Å². The second-order valence-corrected chi connectivity index (χ2v) is 11.6. The highest BCUT2D eigenvalue weighted by atomic mass is 15.0. The molecule has 4 aliphatic carbocycles. The van der Waals surface area contributed by atoms with Crippen LogP contribution in [0.5, 0.6) is 0 Å². The molecule has 39 heavy (non-hydrogen) atoms. The molecule has 0 radical (unpaired) electrons. The molecule has 2 unspecified atom stereocenters. The van der Waals surface area contributed by atoms with Gasteiger partial charge in [-0.25, -0.2) is 0 Å². The van der Waals surface area contributed by atoms with Crippen LogP contribution >= 0.6 is 0 Å². The summed E-state index contributed by atoms with van der Waals surface area (Å²) in [5.41, 5.74) is 12.6. The number of rotatable bonds is 3. The van der Waals surface area contributed by atoms with Crippen molar-refractivity contribution in [3.8, 4) is 5.69 Å². The molecule has 4 aromatic rings. The fourth-order valence-corrected chi connectivity index (χ4v) is 7.30. The van der Waals surface area contributed by atoms with E-state index < -0.39 is 0 Å². The van der Waals surface area contributed by atoms with Gasteiger partial charge in [0.05, 0.1) is 11.6 Å². The van der Waals surface area contributed by atoms with E-state index in [4.69, 9.17) is 0 Å². The highest BCUT2D eigenvalue weighted by Gasteiger charge is 2.26. The van der Waals surface area contributed by atoms with Crippen molar-refractivity contribution in [3.63, 3.8) is 0 Å². The Balaban J connectivity index is 1.29. The van der Waals surface area contributed by atoms with E-state index >= 15 is 0 Å². The molecule has 2 heterocycles. The van der Waals surface area contributed by atoms with Gasteiger partial charge in [-0.1, -0.05) is 85.9 Å². The van der Waals surface area contributed by atoms with E-state index in [0.29, 0.717) is 12.0 Å². The van der Waals surface area contributed by atoms with Gasteiger partial charge < -0.3 is 9.13 Å². The maximum Gasteiger partial charge on any atom is 0.0563 e. The Labute approximate surface area is 230 Å². The second kappa shape index (κ2) is 9.02. The Kier molecular flexibility index (Phi) is 5.30. The number of hydrogen-bond donors (Lipinski definition) is 0. The minimum Gasteiger partial charge on any atom is -0.337 e. The summed E-state index contributed by atoms with van der Waals surface area (Å²) in [5, 5.41) is 2.74. The first-order valence-corrected chi connectivity index (χ1v) is 14.6. The number of nitrogens with zero attached hydrogens (tertiary/aromatic N) is 2. The van der Waals surface area contributed by atoms with Gasteiger partial charge in [-0.3, -0.25) is 0 Å². The van der Waals surface area contributed by atoms with E-state index in [9.17, 15) is 0 Å². The quantitative estimate of drug-likeness (QED) is 0.262. The third kappa shape index (κ3) is 3.61. The van der Waals surface area contributed by atoms with Crippen LogP contribution in [0.1, 0.15) is 61.2 Å². The molecule has 4 aliphatic rings. The molecule has 0 aliphatic heterocycles. The summed E-state index contributed by atoms with van der Waals surface area (Å²) in [6, 6.07) is 16.5. The number of benzene rings is 2. The smallest absolute Gasteiger partial charge is 0.0563 e. The summed E-state index contributed by atoms with van der Waals surface area (Å²) in [5.74, 6) is 0.554. The maximum atomic E-state index is 2.66. The van der Waals surface area contributed by atoms with Crippen molar-refractivity contribution >= 4 is 34.0 Å². The zero-order valence-electron chi connectivity index (χ0n) is 22.6. The molecule has 0 saturated carbocycles. The summed E-state index contributed by atoms with van der Waals surface area (Å²) in [6.07, 6.45) is 30.2. The zero-order valence-corrected chi connectivity index (χ0v) is 22.6. The molecule has 2 aromatic carbocycles. The van der Waals surface area contributed by atoms with Crippen LogP contribution in [0.2, 0.25) is 0 Å². The minimum absolute atomic E-state index is 0.335. The topological polar surface area (TPSA) is 9.86 Å². The van der Waals surface area contributed by atoms with Crippen molar-refractivity contribution in [3.05, 3.63) is 125 Å². The Morgan fingerprint density at radius 2 is 1.67 bits per heavy atom. The van der Waals surface area contributed by atoms with Gasteiger partial charge in [-0.05, 0) is 79.9 Å². The number of fused-ring (bicyclic) bond motifs is 6. The van der Waals surface area contributed by atoms with Crippen molar-refractivity contribution in [2.45, 2.75) is 51.5 Å².